The van der Waals surface area contributed by atoms with Crippen molar-refractivity contribution in [1.29, 1.82) is 0 Å². The number of hydrogen-bond acceptors (Lipinski definition) is 4. The Morgan fingerprint density at radius 1 is 0.963 bits per heavy atom. The number of carbonyl (C=O) groups excluding carboxylic acids is 1. The van der Waals surface area contributed by atoms with Crippen LogP contribution in [0.3, 0.4) is 0 Å². The average Bonchev–Trinajstić information content (AvgIpc) is 2.65. The predicted octanol–water partition coefficient (Wildman–Crippen LogP) is 5.73. The molecule has 0 aromatic heterocycles. The standard InChI is InChI=1S/C21H34N2O4/c1-2-3-4-5-6-7-8-9-10-11-12-13-16-22-21(25)19-15-14-18(23(26)27)17-20(19)24/h14-15,17,24H,2-13,16H2,1H3,(H,22,25). The molecule has 2 N–H and O–H groups in total. The molecule has 27 heavy (non-hydrogen) atoms. The van der Waals surface area contributed by atoms with E-state index in [4.69, 9.17) is 0 Å². The molecule has 0 saturated heterocycles. The van der Waals surface area contributed by atoms with Crippen LogP contribution < -0.4 is 5.32 Å². The van der Waals surface area contributed by atoms with Gasteiger partial charge < -0.3 is 10.4 Å². The number of carbonyl (C=O) groups is 1. The number of aromatic hydroxyl groups is 1. The van der Waals surface area contributed by atoms with Crippen LogP contribution >= 0.6 is 0 Å². The summed E-state index contributed by atoms with van der Waals surface area (Å²) in [7, 11) is 0. The topological polar surface area (TPSA) is 92.5 Å². The van der Waals surface area contributed by atoms with Gasteiger partial charge in [-0.1, -0.05) is 77.6 Å². The Hall–Kier alpha value is -2.11. The van der Waals surface area contributed by atoms with Crippen LogP contribution in [-0.2, 0) is 0 Å². The number of nitrogens with one attached hydrogen (secondary N) is 1. The summed E-state index contributed by atoms with van der Waals surface area (Å²) in [6, 6.07) is 3.50. The lowest BCUT2D eigenvalue weighted by atomic mass is 10.1. The smallest absolute Gasteiger partial charge is 0.273 e. The van der Waals surface area contributed by atoms with Crippen LogP contribution in [0.1, 0.15) is 94.3 Å². The summed E-state index contributed by atoms with van der Waals surface area (Å²) in [5.41, 5.74) is -0.162. The number of nitro benzene ring substituents is 1. The minimum atomic E-state index is -0.603. The number of non-ortho nitro benzene ring substituents is 1. The molecule has 1 aromatic rings. The zero-order valence-corrected chi connectivity index (χ0v) is 16.5. The van der Waals surface area contributed by atoms with E-state index in [9.17, 15) is 20.0 Å². The lowest BCUT2D eigenvalue weighted by Gasteiger charge is -2.07. The van der Waals surface area contributed by atoms with Crippen molar-refractivity contribution < 1.29 is 14.8 Å². The van der Waals surface area contributed by atoms with Crippen molar-refractivity contribution in [3.05, 3.63) is 33.9 Å². The maximum Gasteiger partial charge on any atom is 0.273 e. The lowest BCUT2D eigenvalue weighted by Crippen LogP contribution is -2.24. The zero-order valence-electron chi connectivity index (χ0n) is 16.5. The number of rotatable bonds is 15. The molecule has 0 heterocycles. The summed E-state index contributed by atoms with van der Waals surface area (Å²) < 4.78 is 0. The molecule has 0 aliphatic heterocycles. The molecule has 1 rings (SSSR count). The number of hydrogen-bond donors (Lipinski definition) is 2. The molecule has 0 saturated carbocycles. The van der Waals surface area contributed by atoms with Gasteiger partial charge in [-0.3, -0.25) is 14.9 Å². The SMILES string of the molecule is CCCCCCCCCCCCCCNC(=O)c1ccc([N+](=O)[O-])cc1O. The predicted molar refractivity (Wildman–Crippen MR) is 108 cm³/mol. The van der Waals surface area contributed by atoms with Crippen LogP contribution in [0, 0.1) is 10.1 Å². The molecule has 0 aliphatic rings. The summed E-state index contributed by atoms with van der Waals surface area (Å²) in [4.78, 5) is 22.0. The van der Waals surface area contributed by atoms with E-state index in [2.05, 4.69) is 12.2 Å². The van der Waals surface area contributed by atoms with Crippen molar-refractivity contribution in [3.8, 4) is 5.75 Å². The van der Waals surface area contributed by atoms with E-state index >= 15 is 0 Å². The van der Waals surface area contributed by atoms with Gasteiger partial charge in [-0.25, -0.2) is 0 Å². The molecule has 0 unspecified atom stereocenters. The third kappa shape index (κ3) is 9.97. The van der Waals surface area contributed by atoms with Crippen molar-refractivity contribution >= 4 is 11.6 Å². The van der Waals surface area contributed by atoms with Crippen molar-refractivity contribution in [1.82, 2.24) is 5.32 Å². The Morgan fingerprint density at radius 2 is 1.48 bits per heavy atom. The molecule has 0 atom stereocenters. The maximum absolute atomic E-state index is 12.0. The maximum atomic E-state index is 12.0. The first kappa shape index (κ1) is 22.9. The summed E-state index contributed by atoms with van der Waals surface area (Å²) >= 11 is 0. The van der Waals surface area contributed by atoms with Gasteiger partial charge in [0.1, 0.15) is 5.75 Å². The van der Waals surface area contributed by atoms with Crippen LogP contribution in [0.15, 0.2) is 18.2 Å². The normalized spacial score (nSPS) is 10.7. The molecule has 0 spiro atoms. The van der Waals surface area contributed by atoms with E-state index < -0.39 is 10.8 Å². The molecule has 0 bridgehead atoms. The minimum Gasteiger partial charge on any atom is -0.507 e. The fraction of sp³-hybridized carbons (Fsp3) is 0.667. The van der Waals surface area contributed by atoms with Gasteiger partial charge >= 0.3 is 0 Å². The van der Waals surface area contributed by atoms with Crippen molar-refractivity contribution in [2.45, 2.75) is 84.0 Å². The van der Waals surface area contributed by atoms with Crippen LogP contribution in [0.4, 0.5) is 5.69 Å². The van der Waals surface area contributed by atoms with E-state index in [0.717, 1.165) is 18.9 Å². The zero-order chi connectivity index (χ0) is 19.9. The fourth-order valence-electron chi connectivity index (χ4n) is 3.09. The highest BCUT2D eigenvalue weighted by Gasteiger charge is 2.15. The summed E-state index contributed by atoms with van der Waals surface area (Å²) in [5.74, 6) is -0.762. The van der Waals surface area contributed by atoms with Crippen LogP contribution in [0.5, 0.6) is 5.75 Å². The number of nitro groups is 1. The van der Waals surface area contributed by atoms with Crippen LogP contribution in [0.2, 0.25) is 0 Å². The van der Waals surface area contributed by atoms with Gasteiger partial charge in [-0.05, 0) is 12.5 Å². The molecule has 1 aromatic carbocycles. The van der Waals surface area contributed by atoms with E-state index in [0.29, 0.717) is 6.54 Å². The molecule has 0 fully saturated rings. The second-order valence-corrected chi connectivity index (χ2v) is 7.10. The monoisotopic (exact) mass is 378 g/mol. The van der Waals surface area contributed by atoms with Crippen molar-refractivity contribution in [2.75, 3.05) is 6.54 Å². The third-order valence-electron chi connectivity index (χ3n) is 4.75. The largest absolute Gasteiger partial charge is 0.507 e. The van der Waals surface area contributed by atoms with Gasteiger partial charge in [0.25, 0.3) is 11.6 Å². The lowest BCUT2D eigenvalue weighted by molar-refractivity contribution is -0.384. The second kappa shape index (κ2) is 14.0. The number of phenolic OH excluding ortho intramolecular Hbond substituents is 1. The van der Waals surface area contributed by atoms with E-state index in [-0.39, 0.29) is 17.0 Å². The summed E-state index contributed by atoms with van der Waals surface area (Å²) in [5, 5.41) is 23.1. The van der Waals surface area contributed by atoms with E-state index in [1.165, 1.54) is 76.3 Å². The first-order chi connectivity index (χ1) is 13.1. The quantitative estimate of drug-likeness (QED) is 0.231. The van der Waals surface area contributed by atoms with Crippen LogP contribution in [-0.4, -0.2) is 22.5 Å². The van der Waals surface area contributed by atoms with Gasteiger partial charge in [0.2, 0.25) is 0 Å². The Bertz CT molecular complexity index is 575. The van der Waals surface area contributed by atoms with Crippen LogP contribution in [0.25, 0.3) is 0 Å². The van der Waals surface area contributed by atoms with Gasteiger partial charge in [-0.2, -0.15) is 0 Å². The molecular weight excluding hydrogens is 344 g/mol. The number of phenols is 1. The molecule has 0 aliphatic carbocycles. The summed E-state index contributed by atoms with van der Waals surface area (Å²) in [6.07, 6.45) is 15.1. The average molecular weight is 379 g/mol. The van der Waals surface area contributed by atoms with Crippen molar-refractivity contribution in [3.63, 3.8) is 0 Å². The highest BCUT2D eigenvalue weighted by atomic mass is 16.6. The Morgan fingerprint density at radius 3 is 1.96 bits per heavy atom. The number of nitrogens with zero attached hydrogens (tertiary/aromatic N) is 1. The Balaban J connectivity index is 2.03. The first-order valence-electron chi connectivity index (χ1n) is 10.3. The Kier molecular flexibility index (Phi) is 11.9. The molecule has 0 radical (unpaired) electrons. The van der Waals surface area contributed by atoms with Gasteiger partial charge in [-0.15, -0.1) is 0 Å². The molecule has 1 amide bonds. The van der Waals surface area contributed by atoms with E-state index in [1.807, 2.05) is 0 Å². The fourth-order valence-corrected chi connectivity index (χ4v) is 3.09. The van der Waals surface area contributed by atoms with Crippen molar-refractivity contribution in [2.24, 2.45) is 0 Å². The highest BCUT2D eigenvalue weighted by molar-refractivity contribution is 5.97. The molecule has 152 valence electrons. The first-order valence-corrected chi connectivity index (χ1v) is 10.3. The van der Waals surface area contributed by atoms with Gasteiger partial charge in [0, 0.05) is 12.6 Å². The summed E-state index contributed by atoms with van der Waals surface area (Å²) in [6.45, 7) is 2.79. The third-order valence-corrected chi connectivity index (χ3v) is 4.75. The Labute approximate surface area is 162 Å². The number of unbranched alkanes of at least 4 members (excludes halogenated alkanes) is 11. The molecule has 6 nitrogen and oxygen atoms in total. The number of benzene rings is 1. The van der Waals surface area contributed by atoms with E-state index in [1.54, 1.807) is 0 Å². The van der Waals surface area contributed by atoms with Gasteiger partial charge in [0.05, 0.1) is 16.6 Å². The molecular formula is C21H34N2O4. The van der Waals surface area contributed by atoms with Gasteiger partial charge in [0.15, 0.2) is 0 Å². The minimum absolute atomic E-state index is 0.0690. The second-order valence-electron chi connectivity index (χ2n) is 7.10. The number of amides is 1. The highest BCUT2D eigenvalue weighted by Crippen LogP contribution is 2.23. The molecule has 6 heteroatoms.